The molecule has 5 rings (SSSR count). The summed E-state index contributed by atoms with van der Waals surface area (Å²) in [6.45, 7) is 0. The second-order valence-corrected chi connectivity index (χ2v) is 8.40. The molecular formula is C27H18Cl2N2O2. The van der Waals surface area contributed by atoms with Crippen LogP contribution in [0.5, 0.6) is 0 Å². The third kappa shape index (κ3) is 3.78. The highest BCUT2D eigenvalue weighted by Crippen LogP contribution is 2.43. The Balaban J connectivity index is 1.75. The van der Waals surface area contributed by atoms with Gasteiger partial charge in [-0.3, -0.25) is 9.69 Å². The Labute approximate surface area is 201 Å². The summed E-state index contributed by atoms with van der Waals surface area (Å²) in [5.41, 5.74) is 1.08. The van der Waals surface area contributed by atoms with Crippen molar-refractivity contribution in [1.29, 1.82) is 0 Å². The van der Waals surface area contributed by atoms with E-state index < -0.39 is 5.72 Å². The average molecular weight is 473 g/mol. The molecule has 0 bridgehead atoms. The van der Waals surface area contributed by atoms with Crippen LogP contribution in [0.25, 0.3) is 0 Å². The highest BCUT2D eigenvalue weighted by Gasteiger charge is 2.55. The second-order valence-electron chi connectivity index (χ2n) is 7.53. The van der Waals surface area contributed by atoms with Crippen LogP contribution < -0.4 is 4.90 Å². The van der Waals surface area contributed by atoms with Crippen molar-refractivity contribution in [3.63, 3.8) is 0 Å². The van der Waals surface area contributed by atoms with Crippen molar-refractivity contribution >= 4 is 40.5 Å². The monoisotopic (exact) mass is 472 g/mol. The third-order valence-corrected chi connectivity index (χ3v) is 5.99. The van der Waals surface area contributed by atoms with Gasteiger partial charge in [-0.15, -0.1) is 0 Å². The molecule has 0 saturated carbocycles. The molecule has 1 aliphatic rings. The lowest BCUT2D eigenvalue weighted by atomic mass is 9.90. The van der Waals surface area contributed by atoms with Gasteiger partial charge in [-0.1, -0.05) is 89.0 Å². The Morgan fingerprint density at radius 3 is 1.88 bits per heavy atom. The molecular weight excluding hydrogens is 455 g/mol. The molecule has 0 N–H and O–H groups in total. The molecule has 0 amide bonds. The maximum absolute atomic E-state index is 14.2. The van der Waals surface area contributed by atoms with Gasteiger partial charge in [-0.05, 0) is 48.5 Å². The summed E-state index contributed by atoms with van der Waals surface area (Å²) in [6, 6.07) is 32.9. The lowest BCUT2D eigenvalue weighted by Gasteiger charge is -2.36. The molecule has 33 heavy (non-hydrogen) atoms. The van der Waals surface area contributed by atoms with Crippen LogP contribution in [0, 0.1) is 0 Å². The Morgan fingerprint density at radius 2 is 1.27 bits per heavy atom. The Morgan fingerprint density at radius 1 is 0.727 bits per heavy atom. The molecule has 1 unspecified atom stereocenters. The number of hydrogen-bond acceptors (Lipinski definition) is 4. The van der Waals surface area contributed by atoms with Crippen molar-refractivity contribution in [2.75, 3.05) is 4.90 Å². The van der Waals surface area contributed by atoms with Gasteiger partial charge in [0.05, 0.1) is 0 Å². The van der Waals surface area contributed by atoms with Gasteiger partial charge in [0.15, 0.2) is 5.84 Å². The molecule has 0 saturated heterocycles. The van der Waals surface area contributed by atoms with Crippen LogP contribution in [0.15, 0.2) is 114 Å². The van der Waals surface area contributed by atoms with Crippen LogP contribution in [-0.4, -0.2) is 11.6 Å². The van der Waals surface area contributed by atoms with E-state index in [0.717, 1.165) is 5.56 Å². The first-order valence-corrected chi connectivity index (χ1v) is 11.1. The van der Waals surface area contributed by atoms with Crippen molar-refractivity contribution in [2.24, 2.45) is 5.16 Å². The van der Waals surface area contributed by atoms with Crippen molar-refractivity contribution in [1.82, 2.24) is 0 Å². The maximum atomic E-state index is 14.2. The normalized spacial score (nSPS) is 17.4. The number of nitrogens with zero attached hydrogens (tertiary/aromatic N) is 2. The zero-order chi connectivity index (χ0) is 22.8. The topological polar surface area (TPSA) is 41.9 Å². The quantitative estimate of drug-likeness (QED) is 0.295. The summed E-state index contributed by atoms with van der Waals surface area (Å²) < 4.78 is 0. The minimum absolute atomic E-state index is 0.239. The number of Topliss-reactive ketones (excluding diaryl/α,β-unsaturated/α-hetero) is 1. The van der Waals surface area contributed by atoms with Gasteiger partial charge in [0.25, 0.3) is 0 Å². The largest absolute Gasteiger partial charge is 0.351 e. The summed E-state index contributed by atoms with van der Waals surface area (Å²) in [4.78, 5) is 22.1. The van der Waals surface area contributed by atoms with E-state index in [1.165, 1.54) is 0 Å². The van der Waals surface area contributed by atoms with E-state index in [-0.39, 0.29) is 5.78 Å². The fourth-order valence-corrected chi connectivity index (χ4v) is 4.17. The van der Waals surface area contributed by atoms with E-state index in [1.807, 2.05) is 77.7 Å². The first-order chi connectivity index (χ1) is 16.1. The average Bonchev–Trinajstić information content (AvgIpc) is 3.27. The van der Waals surface area contributed by atoms with Crippen molar-refractivity contribution in [3.05, 3.63) is 136 Å². The van der Waals surface area contributed by atoms with Crippen LogP contribution in [0.4, 0.5) is 5.69 Å². The van der Waals surface area contributed by atoms with E-state index in [1.54, 1.807) is 36.4 Å². The fraction of sp³-hybridized carbons (Fsp3) is 0.0370. The molecule has 6 heteroatoms. The molecule has 0 fully saturated rings. The predicted octanol–water partition coefficient (Wildman–Crippen LogP) is 6.93. The number of benzene rings is 4. The van der Waals surface area contributed by atoms with E-state index in [0.29, 0.717) is 32.7 Å². The van der Waals surface area contributed by atoms with Crippen LogP contribution in [0.1, 0.15) is 21.5 Å². The molecule has 162 valence electrons. The predicted molar refractivity (Wildman–Crippen MR) is 132 cm³/mol. The Bertz CT molecular complexity index is 1310. The zero-order valence-electron chi connectivity index (χ0n) is 17.4. The lowest BCUT2D eigenvalue weighted by Crippen LogP contribution is -2.52. The highest BCUT2D eigenvalue weighted by molar-refractivity contribution is 6.31. The summed E-state index contributed by atoms with van der Waals surface area (Å²) >= 11 is 12.3. The minimum atomic E-state index is -1.55. The van der Waals surface area contributed by atoms with Gasteiger partial charge in [-0.25, -0.2) is 0 Å². The number of rotatable bonds is 5. The molecule has 1 atom stereocenters. The smallest absolute Gasteiger partial charge is 0.304 e. The van der Waals surface area contributed by atoms with E-state index in [9.17, 15) is 4.79 Å². The van der Waals surface area contributed by atoms with Crippen LogP contribution >= 0.6 is 23.2 Å². The molecule has 0 radical (unpaired) electrons. The van der Waals surface area contributed by atoms with Crippen LogP contribution in [0.2, 0.25) is 10.0 Å². The van der Waals surface area contributed by atoms with Crippen molar-refractivity contribution in [2.45, 2.75) is 5.72 Å². The number of carbonyl (C=O) groups excluding carboxylic acids is 1. The zero-order valence-corrected chi connectivity index (χ0v) is 18.9. The van der Waals surface area contributed by atoms with Gasteiger partial charge in [0.1, 0.15) is 0 Å². The highest BCUT2D eigenvalue weighted by atomic mass is 35.5. The van der Waals surface area contributed by atoms with Gasteiger partial charge in [-0.2, -0.15) is 0 Å². The summed E-state index contributed by atoms with van der Waals surface area (Å²) in [5.74, 6) is 0.249. The standard InChI is InChI=1S/C27H18Cl2N2O2/c28-22-13-11-20(12-14-22)26-30-33-27(21-9-5-2-6-10-21,25(32)19-7-3-1-4-8-19)31(26)24-17-15-23(29)16-18-24/h1-18H. The number of amidine groups is 1. The number of hydrogen-bond donors (Lipinski definition) is 0. The molecule has 0 aromatic heterocycles. The molecule has 0 spiro atoms. The number of anilines is 1. The fourth-order valence-electron chi connectivity index (χ4n) is 3.92. The second kappa shape index (κ2) is 8.74. The summed E-state index contributed by atoms with van der Waals surface area (Å²) in [6.07, 6.45) is 0. The third-order valence-electron chi connectivity index (χ3n) is 5.49. The number of carbonyl (C=O) groups is 1. The van der Waals surface area contributed by atoms with E-state index in [4.69, 9.17) is 28.0 Å². The van der Waals surface area contributed by atoms with Crippen LogP contribution in [-0.2, 0) is 10.6 Å². The van der Waals surface area contributed by atoms with Gasteiger partial charge in [0, 0.05) is 32.4 Å². The van der Waals surface area contributed by atoms with Gasteiger partial charge >= 0.3 is 5.72 Å². The molecule has 4 aromatic carbocycles. The van der Waals surface area contributed by atoms with E-state index in [2.05, 4.69) is 5.16 Å². The van der Waals surface area contributed by atoms with Gasteiger partial charge in [0.2, 0.25) is 5.78 Å². The molecule has 1 heterocycles. The Kier molecular flexibility index (Phi) is 5.63. The molecule has 4 aromatic rings. The minimum Gasteiger partial charge on any atom is -0.351 e. The number of oxime groups is 1. The molecule has 4 nitrogen and oxygen atoms in total. The Hall–Kier alpha value is -3.60. The van der Waals surface area contributed by atoms with Crippen molar-refractivity contribution in [3.8, 4) is 0 Å². The first kappa shape index (κ1) is 21.3. The van der Waals surface area contributed by atoms with Gasteiger partial charge < -0.3 is 4.84 Å². The number of ketones is 1. The van der Waals surface area contributed by atoms with Crippen molar-refractivity contribution < 1.29 is 9.63 Å². The van der Waals surface area contributed by atoms with Crippen LogP contribution in [0.3, 0.4) is 0 Å². The first-order valence-electron chi connectivity index (χ1n) is 10.3. The SMILES string of the molecule is O=C(c1ccccc1)C1(c2ccccc2)ON=C(c2ccc(Cl)cc2)N1c1ccc(Cl)cc1. The van der Waals surface area contributed by atoms with E-state index >= 15 is 0 Å². The summed E-state index contributed by atoms with van der Waals surface area (Å²) in [7, 11) is 0. The molecule has 1 aliphatic heterocycles. The number of halogens is 2. The summed E-state index contributed by atoms with van der Waals surface area (Å²) in [5, 5.41) is 5.63. The lowest BCUT2D eigenvalue weighted by molar-refractivity contribution is -0.00648. The maximum Gasteiger partial charge on any atom is 0.304 e. The molecule has 0 aliphatic carbocycles.